The average Bonchev–Trinajstić information content (AvgIpc) is 0.681. The number of benzene rings is 10. The van der Waals surface area contributed by atoms with Crippen molar-refractivity contribution in [2.75, 3.05) is 0 Å². The second-order valence-corrected chi connectivity index (χ2v) is 271. The van der Waals surface area contributed by atoms with Crippen LogP contribution in [-0.4, -0.2) is 195 Å². The summed E-state index contributed by atoms with van der Waals surface area (Å²) >= 11 is 67.1. The molecule has 0 saturated carbocycles. The van der Waals surface area contributed by atoms with Crippen LogP contribution in [-0.2, 0) is 0 Å². The summed E-state index contributed by atoms with van der Waals surface area (Å²) in [5, 5.41) is 14.8. The van der Waals surface area contributed by atoms with Crippen molar-refractivity contribution in [3.8, 4) is 0 Å². The summed E-state index contributed by atoms with van der Waals surface area (Å²) in [7, 11) is -15.7. The van der Waals surface area contributed by atoms with Crippen molar-refractivity contribution in [1.29, 1.82) is 0 Å². The molecule has 139 heavy (non-hydrogen) atoms. The van der Waals surface area contributed by atoms with E-state index in [-0.39, 0.29) is 41.6 Å². The second kappa shape index (κ2) is 59.7. The number of hydrogen-bond donors (Lipinski definition) is 0. The summed E-state index contributed by atoms with van der Waals surface area (Å²) in [5.74, 6) is 0. The lowest BCUT2D eigenvalue weighted by Gasteiger charge is -2.58. The Balaban J connectivity index is 0.000000568. The molecule has 0 atom stereocenters. The molecule has 0 unspecified atom stereocenters. The van der Waals surface area contributed by atoms with Crippen molar-refractivity contribution >= 4 is 380 Å². The summed E-state index contributed by atoms with van der Waals surface area (Å²) in [5.41, 5.74) is -0.676. The maximum absolute atomic E-state index is 6.08. The largest absolute Gasteiger partial charge is 0.376 e. The molecule has 0 fully saturated rings. The van der Waals surface area contributed by atoms with Crippen molar-refractivity contribution < 1.29 is 0 Å². The van der Waals surface area contributed by atoms with Gasteiger partial charge in [0.1, 0.15) is 16.6 Å². The van der Waals surface area contributed by atoms with E-state index >= 15 is 0 Å². The van der Waals surface area contributed by atoms with Gasteiger partial charge < -0.3 is 0 Å². The summed E-state index contributed by atoms with van der Waals surface area (Å²) in [4.78, 5) is 0. The van der Waals surface area contributed by atoms with Crippen LogP contribution >= 0.6 is 133 Å². The molecule has 0 amide bonds. The van der Waals surface area contributed by atoms with E-state index in [1.165, 1.54) is 31.1 Å². The highest BCUT2D eigenvalue weighted by Gasteiger charge is 2.63. The first kappa shape index (κ1) is 136. The van der Waals surface area contributed by atoms with E-state index in [1.807, 2.05) is 5.67 Å². The van der Waals surface area contributed by atoms with Crippen LogP contribution in [0.15, 0.2) is 303 Å². The topological polar surface area (TPSA) is 0 Å². The van der Waals surface area contributed by atoms with E-state index in [0.29, 0.717) is 9.52 Å². The molecule has 0 radical (unpaired) electrons. The summed E-state index contributed by atoms with van der Waals surface area (Å²) in [6.07, 6.45) is -4.49. The SMILES string of the molecule is C[SiH2]C[Si]([SiH](C)C)([SiH](C)C)[SiH](C)C.C[SiH](C)C[SiH]([Si](C)(C)C)[Si](C)(C)C.C[SiH](C)C[Si]([Si](C)(C)C)([Si](C)(C)C)[Si](C)(C)C.C[Si](C)(C)[Si](C)(C)C.C[Si](C)(Cl)[Si](C)(C)Cl.C[Si](Cl)(Cl)[Si](C)(Cl)Cl.Cl[Si](Cl)(Cl)[Si](Cl)(Cl)Cl.c1ccc([SiH](c2ccccc2)[SiH](c2ccccc2)c2ccccc2)cc1.c1ccc([Si](c2ccccc2)(c2ccccc2)[Si](c2ccccc2)(c2ccccc2)c2ccccc2)cc1. The minimum Gasteiger partial charge on any atom is -0.170 e. The molecule has 772 valence electrons. The van der Waals surface area contributed by atoms with Crippen LogP contribution in [0.2, 0.25) is 266 Å². The van der Waals surface area contributed by atoms with Gasteiger partial charge in [-0.2, -0.15) is 22.2 Å². The van der Waals surface area contributed by atoms with E-state index in [0.717, 1.165) is 0 Å². The molecule has 10 aromatic carbocycles. The highest BCUT2D eigenvalue weighted by atomic mass is 35.9. The first-order valence-electron chi connectivity index (χ1n) is 50.2. The maximum Gasteiger partial charge on any atom is 0.376 e. The van der Waals surface area contributed by atoms with Crippen LogP contribution in [0.1, 0.15) is 0 Å². The van der Waals surface area contributed by atoms with Gasteiger partial charge in [-0.1, -0.05) is 608 Å². The Morgan fingerprint density at radius 3 is 0.489 bits per heavy atom. The first-order valence-corrected chi connectivity index (χ1v) is 149. The van der Waals surface area contributed by atoms with Gasteiger partial charge in [0.15, 0.2) is 29.0 Å². The normalized spacial score (nSPS) is 13.1. The van der Waals surface area contributed by atoms with Gasteiger partial charge in [0.05, 0.1) is 0 Å². The van der Waals surface area contributed by atoms with Crippen LogP contribution in [0, 0.1) is 0 Å². The highest BCUT2D eigenvalue weighted by Crippen LogP contribution is 2.42. The Morgan fingerprint density at radius 1 is 0.230 bits per heavy atom. The zero-order valence-electron chi connectivity index (χ0n) is 92.4. The molecule has 10 aromatic rings. The van der Waals surface area contributed by atoms with Crippen molar-refractivity contribution in [1.82, 2.24) is 0 Å². The number of hydrogen-bond acceptors (Lipinski definition) is 0. The summed E-state index contributed by atoms with van der Waals surface area (Å²) < 4.78 is 0. The zero-order valence-corrected chi connectivity index (χ0v) is 129. The Labute approximate surface area is 937 Å². The lowest BCUT2D eigenvalue weighted by Crippen LogP contribution is -2.94. The van der Waals surface area contributed by atoms with E-state index in [2.05, 4.69) is 539 Å². The van der Waals surface area contributed by atoms with E-state index in [1.54, 1.807) is 45.2 Å². The van der Waals surface area contributed by atoms with Gasteiger partial charge in [0.25, 0.3) is 12.4 Å². The molecule has 38 heteroatoms. The van der Waals surface area contributed by atoms with E-state index < -0.39 is 144 Å². The molecular weight excluding hydrogens is 2370 g/mol. The van der Waals surface area contributed by atoms with Crippen LogP contribution in [0.25, 0.3) is 0 Å². The van der Waals surface area contributed by atoms with Crippen LogP contribution < -0.4 is 51.9 Å². The monoisotopic (exact) mass is 2540 g/mol. The van der Waals surface area contributed by atoms with Gasteiger partial charge >= 0.3 is 11.0 Å². The third kappa shape index (κ3) is 41.3. The fourth-order valence-corrected chi connectivity index (χ4v) is 330. The average molecular weight is 2550 g/mol. The lowest BCUT2D eigenvalue weighted by molar-refractivity contribution is 1.65. The molecule has 0 aliphatic rings. The first-order chi connectivity index (χ1) is 63.4. The molecule has 0 aliphatic heterocycles. The minimum absolute atomic E-state index is 0.258. The Kier molecular flexibility index (Phi) is 58.6. The molecule has 0 spiro atoms. The molecule has 0 saturated heterocycles. The van der Waals surface area contributed by atoms with Gasteiger partial charge in [-0.25, -0.2) is 0 Å². The van der Waals surface area contributed by atoms with Crippen molar-refractivity contribution in [2.45, 2.75) is 266 Å². The fraction of sp³-hybridized carbons (Fsp3) is 0.406. The molecule has 0 aromatic heterocycles. The second-order valence-electron chi connectivity index (χ2n) is 48.0. The fourth-order valence-electron chi connectivity index (χ4n) is 20.9. The molecule has 0 aliphatic carbocycles. The van der Waals surface area contributed by atoms with E-state index in [9.17, 15) is 0 Å². The zero-order chi connectivity index (χ0) is 107. The molecule has 0 nitrogen and oxygen atoms in total. The Morgan fingerprint density at radius 2 is 0.403 bits per heavy atom. The highest BCUT2D eigenvalue weighted by molar-refractivity contribution is 8.10. The van der Waals surface area contributed by atoms with Gasteiger partial charge in [-0.05, 0) is 13.1 Å². The summed E-state index contributed by atoms with van der Waals surface area (Å²) in [6.45, 7) is 91.3. The van der Waals surface area contributed by atoms with Crippen LogP contribution in [0.4, 0.5) is 0 Å². The Hall–Kier alpha value is 1.32. The van der Waals surface area contributed by atoms with Gasteiger partial charge in [-0.15, -0.1) is 111 Å². The van der Waals surface area contributed by atoms with Gasteiger partial charge in [0.2, 0.25) is 0 Å². The Bertz CT molecular complexity index is 4310. The van der Waals surface area contributed by atoms with Crippen LogP contribution in [0.5, 0.6) is 0 Å². The number of rotatable bonds is 30. The predicted octanol–water partition coefficient (Wildman–Crippen LogP) is 27.9. The maximum atomic E-state index is 6.08. The third-order valence-electron chi connectivity index (χ3n) is 28.8. The standard InChI is InChI=1S/C36H30Si2.C24H22Si2.C12H36Si5.C9H28Si4.C8H28Si5.C6H18Si2.C4H12Cl2Si2.C2H6Cl4Si2.Cl6Si2/c1-7-19-31(20-8-1)37(32-21-9-2-10-22-32,33-23-11-3-12-24-33)38(34-25-13-4-14-26-34,35-27-15-5-16-28-35)36-29-17-6-18-30-36;1-5-13-21(14-6-1)25(22-15-7-2-8-16-22)26(23-17-9-3-10-18-23)24-19-11-4-12-20-24;1-13(2)12-17(14(3,4)5,15(6,7)8)16(9,10)11;1-10(2)9-11(12(3,4)5)13(6,7)8;1-9-8-13(10(2)3,11(4)5)12(6)7;1-7(2,3)8(4,5)6;1-7(2,5)8(3,4)6;1-7(3,4)8(2,5)6;1-7(2,3)8(4,5)6/h1-30H;1-20,25-26H;13H,12H2,1-11H3;10-11H,9H2,1-8H3;10-12H,8-9H2,1-7H3;1-6H3;1-4H3;1-2H3;. The summed E-state index contributed by atoms with van der Waals surface area (Å²) in [6, 6.07) is 113. The smallest absolute Gasteiger partial charge is 0.170 e. The number of halogens is 12. The van der Waals surface area contributed by atoms with Crippen molar-refractivity contribution in [2.24, 2.45) is 0 Å². The van der Waals surface area contributed by atoms with Gasteiger partial charge in [-0.3, -0.25) is 0 Å². The quantitative estimate of drug-likeness (QED) is 0.0239. The third-order valence-corrected chi connectivity index (χ3v) is 345. The molecule has 0 N–H and O–H groups in total. The molecule has 0 bridgehead atoms. The molecule has 10 rings (SSSR count). The van der Waals surface area contributed by atoms with E-state index in [4.69, 9.17) is 133 Å². The van der Waals surface area contributed by atoms with Crippen molar-refractivity contribution in [3.63, 3.8) is 0 Å². The van der Waals surface area contributed by atoms with Crippen LogP contribution in [0.3, 0.4) is 0 Å². The molecular formula is C101H180Cl12Si26. The predicted molar refractivity (Wildman–Crippen MR) is 732 cm³/mol. The minimum atomic E-state index is -3.01. The lowest BCUT2D eigenvalue weighted by atomic mass is 10.3. The van der Waals surface area contributed by atoms with Crippen molar-refractivity contribution in [3.05, 3.63) is 303 Å². The molecule has 0 heterocycles. The van der Waals surface area contributed by atoms with Gasteiger partial charge in [0, 0.05) is 126 Å².